The van der Waals surface area contributed by atoms with Crippen molar-refractivity contribution in [3.8, 4) is 0 Å². The molecular weight excluding hydrogens is 302 g/mol. The first-order chi connectivity index (χ1) is 10.4. The highest BCUT2D eigenvalue weighted by Crippen LogP contribution is 2.22. The van der Waals surface area contributed by atoms with Crippen LogP contribution in [0.15, 0.2) is 12.3 Å². The predicted molar refractivity (Wildman–Crippen MR) is 105 cm³/mol. The molecule has 130 valence electrons. The van der Waals surface area contributed by atoms with Gasteiger partial charge >= 0.3 is 0 Å². The number of unbranched alkanes of at least 4 members (excludes halogenated alkanes) is 5. The minimum atomic E-state index is -1.16. The molecule has 1 rings (SSSR count). The van der Waals surface area contributed by atoms with E-state index < -0.39 is 16.3 Å². The lowest BCUT2D eigenvalue weighted by Crippen LogP contribution is -2.53. The Morgan fingerprint density at radius 3 is 1.91 bits per heavy atom. The molecule has 4 heteroatoms. The topological polar surface area (TPSA) is 12.5 Å². The summed E-state index contributed by atoms with van der Waals surface area (Å²) in [6.45, 7) is 18.2. The van der Waals surface area contributed by atoms with Crippen LogP contribution in [-0.2, 0) is 4.74 Å². The van der Waals surface area contributed by atoms with E-state index in [9.17, 15) is 0 Å². The van der Waals surface area contributed by atoms with Crippen LogP contribution in [0.3, 0.4) is 0 Å². The molecule has 0 saturated carbocycles. The molecule has 0 radical (unpaired) electrons. The fourth-order valence-electron chi connectivity index (χ4n) is 3.27. The molecule has 1 heterocycles. The van der Waals surface area contributed by atoms with Crippen molar-refractivity contribution >= 4 is 16.3 Å². The van der Waals surface area contributed by atoms with Crippen molar-refractivity contribution in [3.05, 3.63) is 12.3 Å². The quantitative estimate of drug-likeness (QED) is 0.373. The zero-order valence-electron chi connectivity index (χ0n) is 15.6. The van der Waals surface area contributed by atoms with Crippen molar-refractivity contribution in [2.75, 3.05) is 26.3 Å². The summed E-state index contributed by atoms with van der Waals surface area (Å²) >= 11 is 0. The van der Waals surface area contributed by atoms with Crippen LogP contribution in [0, 0.1) is 0 Å². The molecule has 1 fully saturated rings. The molecule has 1 aliphatic rings. The van der Waals surface area contributed by atoms with E-state index >= 15 is 0 Å². The lowest BCUT2D eigenvalue weighted by Gasteiger charge is -2.39. The summed E-state index contributed by atoms with van der Waals surface area (Å²) < 4.78 is 8.23. The molecule has 0 unspecified atom stereocenters. The second kappa shape index (κ2) is 10.1. The van der Waals surface area contributed by atoms with Crippen molar-refractivity contribution in [1.29, 1.82) is 0 Å². The van der Waals surface area contributed by atoms with Crippen LogP contribution >= 0.6 is 0 Å². The molecule has 1 aliphatic heterocycles. The standard InChI is InChI=1S/C18H39NOSi2/c1-6-21(2,3)17-11-9-7-8-10-12-18-22(4,5)19-13-15-20-16-14-19/h6H,1,7-18H2,2-5H3. The number of hydrogen-bond acceptors (Lipinski definition) is 2. The maximum Gasteiger partial charge on any atom is 0.122 e. The lowest BCUT2D eigenvalue weighted by atomic mass is 10.1. The molecule has 0 N–H and O–H groups in total. The van der Waals surface area contributed by atoms with Gasteiger partial charge in [-0.1, -0.05) is 70.8 Å². The first-order valence-corrected chi connectivity index (χ1v) is 15.8. The highest BCUT2D eigenvalue weighted by molar-refractivity contribution is 6.82. The number of rotatable bonds is 11. The van der Waals surface area contributed by atoms with Crippen LogP contribution in [0.2, 0.25) is 38.3 Å². The molecule has 0 bridgehead atoms. The van der Waals surface area contributed by atoms with Crippen LogP contribution in [0.25, 0.3) is 0 Å². The van der Waals surface area contributed by atoms with Crippen molar-refractivity contribution in [2.24, 2.45) is 0 Å². The Labute approximate surface area is 141 Å². The van der Waals surface area contributed by atoms with Gasteiger partial charge in [0.15, 0.2) is 0 Å². The monoisotopic (exact) mass is 341 g/mol. The van der Waals surface area contributed by atoms with Crippen LogP contribution in [-0.4, -0.2) is 47.2 Å². The summed E-state index contributed by atoms with van der Waals surface area (Å²) in [5, 5.41) is 0. The van der Waals surface area contributed by atoms with Crippen molar-refractivity contribution in [3.63, 3.8) is 0 Å². The van der Waals surface area contributed by atoms with E-state index in [2.05, 4.69) is 43.0 Å². The van der Waals surface area contributed by atoms with Gasteiger partial charge in [-0.25, -0.2) is 0 Å². The van der Waals surface area contributed by atoms with Crippen LogP contribution in [0.1, 0.15) is 38.5 Å². The van der Waals surface area contributed by atoms with Gasteiger partial charge in [-0.2, -0.15) is 0 Å². The Balaban J connectivity index is 2.01. The molecule has 0 aromatic rings. The molecule has 0 aromatic heterocycles. The first-order valence-electron chi connectivity index (χ1n) is 9.34. The lowest BCUT2D eigenvalue weighted by molar-refractivity contribution is 0.0687. The summed E-state index contributed by atoms with van der Waals surface area (Å²) in [5.74, 6) is 0. The number of ether oxygens (including phenoxy) is 1. The Kier molecular flexibility index (Phi) is 9.21. The maximum atomic E-state index is 5.48. The van der Waals surface area contributed by atoms with Gasteiger partial charge in [-0.05, 0) is 6.04 Å². The van der Waals surface area contributed by atoms with Gasteiger partial charge in [0.1, 0.15) is 8.24 Å². The highest BCUT2D eigenvalue weighted by Gasteiger charge is 2.29. The molecule has 0 aliphatic carbocycles. The second-order valence-corrected chi connectivity index (χ2v) is 17.9. The highest BCUT2D eigenvalue weighted by atomic mass is 28.3. The van der Waals surface area contributed by atoms with Gasteiger partial charge in [0.2, 0.25) is 0 Å². The Hall–Kier alpha value is 0.0938. The van der Waals surface area contributed by atoms with E-state index in [0.717, 1.165) is 13.2 Å². The Morgan fingerprint density at radius 2 is 1.36 bits per heavy atom. The molecule has 0 amide bonds. The fraction of sp³-hybridized carbons (Fsp3) is 0.889. The van der Waals surface area contributed by atoms with Gasteiger partial charge in [0.25, 0.3) is 0 Å². The summed E-state index contributed by atoms with van der Waals surface area (Å²) in [6, 6.07) is 2.89. The number of nitrogens with zero attached hydrogens (tertiary/aromatic N) is 1. The van der Waals surface area contributed by atoms with Gasteiger partial charge in [-0.15, -0.1) is 12.3 Å². The third-order valence-corrected chi connectivity index (χ3v) is 11.8. The molecule has 2 nitrogen and oxygen atoms in total. The predicted octanol–water partition coefficient (Wildman–Crippen LogP) is 5.30. The maximum absolute atomic E-state index is 5.48. The Bertz CT molecular complexity index is 312. The van der Waals surface area contributed by atoms with Gasteiger partial charge in [-0.3, -0.25) is 0 Å². The molecule has 1 saturated heterocycles. The molecule has 0 aromatic carbocycles. The first kappa shape index (κ1) is 20.1. The molecule has 0 spiro atoms. The molecule has 22 heavy (non-hydrogen) atoms. The van der Waals surface area contributed by atoms with Crippen molar-refractivity contribution < 1.29 is 4.74 Å². The van der Waals surface area contributed by atoms with Gasteiger partial charge in [0.05, 0.1) is 21.3 Å². The zero-order valence-corrected chi connectivity index (χ0v) is 17.6. The Morgan fingerprint density at radius 1 is 0.864 bits per heavy atom. The average molecular weight is 342 g/mol. The summed E-state index contributed by atoms with van der Waals surface area (Å²) in [6.07, 6.45) is 8.57. The minimum Gasteiger partial charge on any atom is -0.379 e. The molecular formula is C18H39NOSi2. The number of hydrogen-bond donors (Lipinski definition) is 0. The van der Waals surface area contributed by atoms with E-state index in [4.69, 9.17) is 4.74 Å². The van der Waals surface area contributed by atoms with E-state index in [1.165, 1.54) is 63.7 Å². The third-order valence-electron chi connectivity index (χ3n) is 5.28. The summed E-state index contributed by atoms with van der Waals surface area (Å²) in [4.78, 5) is 0. The minimum absolute atomic E-state index is 0.945. The van der Waals surface area contributed by atoms with E-state index in [-0.39, 0.29) is 0 Å². The second-order valence-electron chi connectivity index (χ2n) is 8.23. The van der Waals surface area contributed by atoms with Crippen molar-refractivity contribution in [1.82, 2.24) is 4.57 Å². The van der Waals surface area contributed by atoms with E-state index in [0.29, 0.717) is 0 Å². The van der Waals surface area contributed by atoms with Gasteiger partial charge in [0, 0.05) is 13.1 Å². The van der Waals surface area contributed by atoms with E-state index in [1.807, 2.05) is 0 Å². The average Bonchev–Trinajstić information content (AvgIpc) is 2.50. The largest absolute Gasteiger partial charge is 0.379 e. The summed E-state index contributed by atoms with van der Waals surface area (Å²) in [7, 11) is -2.20. The molecule has 0 atom stereocenters. The normalized spacial score (nSPS) is 17.6. The third kappa shape index (κ3) is 8.09. The van der Waals surface area contributed by atoms with Crippen LogP contribution in [0.5, 0.6) is 0 Å². The smallest absolute Gasteiger partial charge is 0.122 e. The van der Waals surface area contributed by atoms with Crippen molar-refractivity contribution in [2.45, 2.75) is 76.8 Å². The van der Waals surface area contributed by atoms with Gasteiger partial charge < -0.3 is 9.30 Å². The number of morpholine rings is 1. The zero-order chi connectivity index (χ0) is 16.5. The van der Waals surface area contributed by atoms with Crippen LogP contribution < -0.4 is 0 Å². The SMILES string of the molecule is C=C[Si](C)(C)CCCCCCCC[Si](C)(C)N1CCOCC1. The fourth-order valence-corrected chi connectivity index (χ4v) is 7.46. The van der Waals surface area contributed by atoms with E-state index in [1.54, 1.807) is 0 Å². The summed E-state index contributed by atoms with van der Waals surface area (Å²) in [5.41, 5.74) is 2.24. The van der Waals surface area contributed by atoms with Crippen LogP contribution in [0.4, 0.5) is 0 Å².